The SMILES string of the molecule is CCN(CC)CC(=O)NC(C)(C#N)C1CC1. The normalized spacial score (nSPS) is 18.9. The fraction of sp³-hybridized carbons (Fsp3) is 0.833. The molecule has 4 heteroatoms. The number of carbonyl (C=O) groups is 1. The number of likely N-dealkylation sites (N-methyl/N-ethyl adjacent to an activating group) is 1. The summed E-state index contributed by atoms with van der Waals surface area (Å²) in [5, 5.41) is 12.0. The van der Waals surface area contributed by atoms with E-state index >= 15 is 0 Å². The zero-order chi connectivity index (χ0) is 12.2. The first-order chi connectivity index (χ1) is 7.55. The molecule has 0 heterocycles. The van der Waals surface area contributed by atoms with E-state index in [9.17, 15) is 4.79 Å². The number of hydrogen-bond donors (Lipinski definition) is 1. The molecule has 0 aromatic heterocycles. The summed E-state index contributed by atoms with van der Waals surface area (Å²) < 4.78 is 0. The van der Waals surface area contributed by atoms with Gasteiger partial charge < -0.3 is 5.32 Å². The molecule has 16 heavy (non-hydrogen) atoms. The van der Waals surface area contributed by atoms with Gasteiger partial charge in [0.25, 0.3) is 0 Å². The second-order valence-corrected chi connectivity index (χ2v) is 4.60. The van der Waals surface area contributed by atoms with Crippen LogP contribution in [0.25, 0.3) is 0 Å². The largest absolute Gasteiger partial charge is 0.337 e. The maximum Gasteiger partial charge on any atom is 0.235 e. The lowest BCUT2D eigenvalue weighted by Gasteiger charge is -2.25. The Kier molecular flexibility index (Phi) is 4.31. The molecule has 0 aromatic carbocycles. The van der Waals surface area contributed by atoms with Crippen LogP contribution in [-0.4, -0.2) is 36.0 Å². The van der Waals surface area contributed by atoms with Crippen molar-refractivity contribution in [3.63, 3.8) is 0 Å². The van der Waals surface area contributed by atoms with E-state index < -0.39 is 5.54 Å². The summed E-state index contributed by atoms with van der Waals surface area (Å²) in [7, 11) is 0. The smallest absolute Gasteiger partial charge is 0.235 e. The van der Waals surface area contributed by atoms with E-state index in [4.69, 9.17) is 5.26 Å². The van der Waals surface area contributed by atoms with Crippen molar-refractivity contribution >= 4 is 5.91 Å². The van der Waals surface area contributed by atoms with Gasteiger partial charge >= 0.3 is 0 Å². The van der Waals surface area contributed by atoms with E-state index in [1.165, 1.54) is 0 Å². The van der Waals surface area contributed by atoms with Crippen LogP contribution in [0.4, 0.5) is 0 Å². The van der Waals surface area contributed by atoms with Crippen molar-refractivity contribution < 1.29 is 4.79 Å². The van der Waals surface area contributed by atoms with Crippen LogP contribution in [0.2, 0.25) is 0 Å². The number of nitrogens with one attached hydrogen (secondary N) is 1. The van der Waals surface area contributed by atoms with Crippen molar-refractivity contribution in [1.82, 2.24) is 10.2 Å². The number of hydrogen-bond acceptors (Lipinski definition) is 3. The number of nitrogens with zero attached hydrogens (tertiary/aromatic N) is 2. The van der Waals surface area contributed by atoms with Gasteiger partial charge in [0.15, 0.2) is 0 Å². The number of nitriles is 1. The summed E-state index contributed by atoms with van der Waals surface area (Å²) in [6.45, 7) is 7.98. The second-order valence-electron chi connectivity index (χ2n) is 4.60. The molecular weight excluding hydrogens is 202 g/mol. The van der Waals surface area contributed by atoms with Crippen LogP contribution in [0, 0.1) is 17.2 Å². The summed E-state index contributed by atoms with van der Waals surface area (Å²) in [5.74, 6) is 0.304. The molecule has 1 atom stereocenters. The molecule has 1 rings (SSSR count). The average Bonchev–Trinajstić information content (AvgIpc) is 3.09. The van der Waals surface area contributed by atoms with E-state index in [2.05, 4.69) is 11.4 Å². The molecule has 0 saturated heterocycles. The molecule has 1 aliphatic carbocycles. The van der Waals surface area contributed by atoms with Crippen molar-refractivity contribution in [2.75, 3.05) is 19.6 Å². The van der Waals surface area contributed by atoms with Crippen LogP contribution in [-0.2, 0) is 4.79 Å². The van der Waals surface area contributed by atoms with Crippen molar-refractivity contribution in [2.45, 2.75) is 39.2 Å². The molecule has 1 amide bonds. The number of rotatable bonds is 6. The maximum atomic E-state index is 11.8. The van der Waals surface area contributed by atoms with Gasteiger partial charge in [-0.1, -0.05) is 13.8 Å². The van der Waals surface area contributed by atoms with Gasteiger partial charge in [-0.3, -0.25) is 9.69 Å². The molecule has 1 saturated carbocycles. The number of amides is 1. The van der Waals surface area contributed by atoms with Gasteiger partial charge in [0.1, 0.15) is 5.54 Å². The molecule has 1 N–H and O–H groups in total. The quantitative estimate of drug-likeness (QED) is 0.734. The Balaban J connectivity index is 2.46. The number of carbonyl (C=O) groups excluding carboxylic acids is 1. The molecule has 0 radical (unpaired) electrons. The molecule has 0 aliphatic heterocycles. The summed E-state index contributed by atoms with van der Waals surface area (Å²) in [5.41, 5.74) is -0.662. The Morgan fingerprint density at radius 3 is 2.44 bits per heavy atom. The van der Waals surface area contributed by atoms with Crippen LogP contribution in [0.3, 0.4) is 0 Å². The van der Waals surface area contributed by atoms with E-state index in [0.29, 0.717) is 12.5 Å². The third kappa shape index (κ3) is 3.21. The first-order valence-corrected chi connectivity index (χ1v) is 6.00. The minimum atomic E-state index is -0.662. The summed E-state index contributed by atoms with van der Waals surface area (Å²) in [4.78, 5) is 13.8. The molecule has 1 aliphatic rings. The van der Waals surface area contributed by atoms with Gasteiger partial charge in [-0.25, -0.2) is 0 Å². The third-order valence-corrected chi connectivity index (χ3v) is 3.29. The molecule has 4 nitrogen and oxygen atoms in total. The lowest BCUT2D eigenvalue weighted by Crippen LogP contribution is -2.50. The second kappa shape index (κ2) is 5.31. The first-order valence-electron chi connectivity index (χ1n) is 6.00. The Morgan fingerprint density at radius 1 is 1.50 bits per heavy atom. The first kappa shape index (κ1) is 13.0. The highest BCUT2D eigenvalue weighted by atomic mass is 16.2. The Bertz CT molecular complexity index is 289. The van der Waals surface area contributed by atoms with Crippen molar-refractivity contribution in [3.05, 3.63) is 0 Å². The predicted octanol–water partition coefficient (Wildman–Crippen LogP) is 1.14. The molecule has 1 fully saturated rings. The highest BCUT2D eigenvalue weighted by Gasteiger charge is 2.42. The minimum Gasteiger partial charge on any atom is -0.337 e. The topological polar surface area (TPSA) is 56.1 Å². The summed E-state index contributed by atoms with van der Waals surface area (Å²) in [6.07, 6.45) is 2.10. The van der Waals surface area contributed by atoms with Gasteiger partial charge in [-0.2, -0.15) is 5.26 Å². The van der Waals surface area contributed by atoms with Gasteiger partial charge in [-0.15, -0.1) is 0 Å². The van der Waals surface area contributed by atoms with Crippen LogP contribution in [0.1, 0.15) is 33.6 Å². The lowest BCUT2D eigenvalue weighted by molar-refractivity contribution is -0.123. The van der Waals surface area contributed by atoms with E-state index in [0.717, 1.165) is 25.9 Å². The molecular formula is C12H21N3O. The van der Waals surface area contributed by atoms with Crippen LogP contribution in [0.15, 0.2) is 0 Å². The Labute approximate surface area is 97.6 Å². The minimum absolute atomic E-state index is 0.0420. The van der Waals surface area contributed by atoms with E-state index in [1.807, 2.05) is 25.7 Å². The standard InChI is InChI=1S/C12H21N3O/c1-4-15(5-2)8-11(16)14-12(3,9-13)10-6-7-10/h10H,4-8H2,1-3H3,(H,14,16). The Hall–Kier alpha value is -1.08. The fourth-order valence-corrected chi connectivity index (χ4v) is 1.86. The molecule has 0 aromatic rings. The molecule has 90 valence electrons. The van der Waals surface area contributed by atoms with Gasteiger partial charge in [0, 0.05) is 0 Å². The van der Waals surface area contributed by atoms with Crippen molar-refractivity contribution in [2.24, 2.45) is 5.92 Å². The zero-order valence-corrected chi connectivity index (χ0v) is 10.4. The van der Waals surface area contributed by atoms with E-state index in [-0.39, 0.29) is 5.91 Å². The van der Waals surface area contributed by atoms with Crippen LogP contribution in [0.5, 0.6) is 0 Å². The third-order valence-electron chi connectivity index (χ3n) is 3.29. The van der Waals surface area contributed by atoms with E-state index in [1.54, 1.807) is 0 Å². The molecule has 1 unspecified atom stereocenters. The maximum absolute atomic E-state index is 11.8. The van der Waals surface area contributed by atoms with Crippen LogP contribution >= 0.6 is 0 Å². The van der Waals surface area contributed by atoms with Crippen LogP contribution < -0.4 is 5.32 Å². The summed E-state index contributed by atoms with van der Waals surface area (Å²) in [6, 6.07) is 2.23. The highest BCUT2D eigenvalue weighted by Crippen LogP contribution is 2.39. The van der Waals surface area contributed by atoms with Crippen molar-refractivity contribution in [3.8, 4) is 6.07 Å². The summed E-state index contributed by atoms with van der Waals surface area (Å²) >= 11 is 0. The molecule has 0 bridgehead atoms. The van der Waals surface area contributed by atoms with Gasteiger partial charge in [-0.05, 0) is 38.8 Å². The predicted molar refractivity (Wildman–Crippen MR) is 62.7 cm³/mol. The highest BCUT2D eigenvalue weighted by molar-refractivity contribution is 5.79. The monoisotopic (exact) mass is 223 g/mol. The van der Waals surface area contributed by atoms with Gasteiger partial charge in [0.05, 0.1) is 12.6 Å². The Morgan fingerprint density at radius 2 is 2.06 bits per heavy atom. The lowest BCUT2D eigenvalue weighted by atomic mass is 9.98. The zero-order valence-electron chi connectivity index (χ0n) is 10.4. The average molecular weight is 223 g/mol. The molecule has 0 spiro atoms. The van der Waals surface area contributed by atoms with Gasteiger partial charge in [0.2, 0.25) is 5.91 Å². The van der Waals surface area contributed by atoms with Crippen molar-refractivity contribution in [1.29, 1.82) is 5.26 Å². The fourth-order valence-electron chi connectivity index (χ4n) is 1.86.